The summed E-state index contributed by atoms with van der Waals surface area (Å²) in [6.45, 7) is 0.786. The largest absolute Gasteiger partial charge is 0.394 e. The molecule has 3 nitrogen and oxygen atoms in total. The van der Waals surface area contributed by atoms with Crippen molar-refractivity contribution in [1.29, 1.82) is 0 Å². The molecule has 1 aliphatic heterocycles. The molecule has 1 fully saturated rings. The smallest absolute Gasteiger partial charge is 0.254 e. The number of hydrogen-bond acceptors (Lipinski definition) is 2. The third kappa shape index (κ3) is 2.45. The summed E-state index contributed by atoms with van der Waals surface area (Å²) in [6.07, 6.45) is 1.86. The van der Waals surface area contributed by atoms with Gasteiger partial charge in [0.15, 0.2) is 0 Å². The first-order valence-electron chi connectivity index (χ1n) is 6.80. The number of rotatable bonds is 2. The number of halogens is 1. The van der Waals surface area contributed by atoms with E-state index < -0.39 is 0 Å². The molecular weight excluding hydrogens is 318 g/mol. The molecular formula is C16H16BrNO2. The molecule has 1 aliphatic rings. The van der Waals surface area contributed by atoms with Gasteiger partial charge in [-0.15, -0.1) is 0 Å². The summed E-state index contributed by atoms with van der Waals surface area (Å²) in [4.78, 5) is 14.3. The molecule has 2 aromatic carbocycles. The number of carbonyl (C=O) groups is 1. The van der Waals surface area contributed by atoms with Crippen LogP contribution in [0.2, 0.25) is 0 Å². The van der Waals surface area contributed by atoms with Crippen molar-refractivity contribution in [3.05, 3.63) is 46.4 Å². The molecule has 0 radical (unpaired) electrons. The van der Waals surface area contributed by atoms with Crippen molar-refractivity contribution in [2.75, 3.05) is 13.2 Å². The van der Waals surface area contributed by atoms with E-state index in [9.17, 15) is 9.90 Å². The summed E-state index contributed by atoms with van der Waals surface area (Å²) < 4.78 is 1.03. The molecule has 0 bridgehead atoms. The molecule has 4 heteroatoms. The Morgan fingerprint density at radius 2 is 2.00 bits per heavy atom. The predicted octanol–water partition coefficient (Wildman–Crippen LogP) is 3.20. The van der Waals surface area contributed by atoms with E-state index in [1.165, 1.54) is 0 Å². The van der Waals surface area contributed by atoms with Crippen LogP contribution < -0.4 is 0 Å². The van der Waals surface area contributed by atoms with E-state index in [2.05, 4.69) is 15.9 Å². The quantitative estimate of drug-likeness (QED) is 0.916. The molecule has 0 spiro atoms. The minimum absolute atomic E-state index is 0.0198. The lowest BCUT2D eigenvalue weighted by Gasteiger charge is -2.23. The highest BCUT2D eigenvalue weighted by atomic mass is 79.9. The van der Waals surface area contributed by atoms with Gasteiger partial charge < -0.3 is 10.0 Å². The van der Waals surface area contributed by atoms with Crippen LogP contribution in [-0.2, 0) is 0 Å². The second-order valence-electron chi connectivity index (χ2n) is 5.18. The van der Waals surface area contributed by atoms with E-state index in [0.717, 1.165) is 34.6 Å². The number of amides is 1. The lowest BCUT2D eigenvalue weighted by atomic mass is 10.1. The minimum atomic E-state index is -0.0249. The molecule has 20 heavy (non-hydrogen) atoms. The number of nitrogens with zero attached hydrogens (tertiary/aromatic N) is 1. The van der Waals surface area contributed by atoms with E-state index in [0.29, 0.717) is 5.56 Å². The van der Waals surface area contributed by atoms with Crippen LogP contribution in [0.1, 0.15) is 23.2 Å². The molecule has 0 aliphatic carbocycles. The minimum Gasteiger partial charge on any atom is -0.394 e. The van der Waals surface area contributed by atoms with Crippen LogP contribution in [0.15, 0.2) is 40.9 Å². The third-order valence-corrected chi connectivity index (χ3v) is 4.39. The van der Waals surface area contributed by atoms with Gasteiger partial charge in [0.1, 0.15) is 0 Å². The van der Waals surface area contributed by atoms with Gasteiger partial charge in [-0.3, -0.25) is 4.79 Å². The lowest BCUT2D eigenvalue weighted by molar-refractivity contribution is 0.0678. The number of carbonyl (C=O) groups excluding carboxylic acids is 1. The first-order valence-corrected chi connectivity index (χ1v) is 7.59. The van der Waals surface area contributed by atoms with Crippen molar-refractivity contribution in [2.24, 2.45) is 0 Å². The maximum atomic E-state index is 12.5. The van der Waals surface area contributed by atoms with Gasteiger partial charge in [0, 0.05) is 16.6 Å². The molecule has 2 aromatic rings. The molecule has 104 valence electrons. The van der Waals surface area contributed by atoms with Gasteiger partial charge >= 0.3 is 0 Å². The highest BCUT2D eigenvalue weighted by Gasteiger charge is 2.28. The average molecular weight is 334 g/mol. The molecule has 0 saturated carbocycles. The maximum absolute atomic E-state index is 12.5. The number of likely N-dealkylation sites (tertiary alicyclic amines) is 1. The highest BCUT2D eigenvalue weighted by Crippen LogP contribution is 2.24. The Hall–Kier alpha value is -1.39. The molecule has 1 heterocycles. The summed E-state index contributed by atoms with van der Waals surface area (Å²) in [5, 5.41) is 11.5. The van der Waals surface area contributed by atoms with E-state index >= 15 is 0 Å². The van der Waals surface area contributed by atoms with E-state index in [-0.39, 0.29) is 18.6 Å². The number of aliphatic hydroxyl groups is 1. The Morgan fingerprint density at radius 1 is 1.25 bits per heavy atom. The van der Waals surface area contributed by atoms with Crippen LogP contribution in [0, 0.1) is 0 Å². The number of fused-ring (bicyclic) bond motifs is 1. The van der Waals surface area contributed by atoms with Crippen molar-refractivity contribution in [3.8, 4) is 0 Å². The van der Waals surface area contributed by atoms with Crippen LogP contribution in [0.4, 0.5) is 0 Å². The van der Waals surface area contributed by atoms with Gasteiger partial charge in [0.25, 0.3) is 5.91 Å². The summed E-state index contributed by atoms with van der Waals surface area (Å²) in [5.41, 5.74) is 0.695. The van der Waals surface area contributed by atoms with Gasteiger partial charge in [-0.2, -0.15) is 0 Å². The van der Waals surface area contributed by atoms with E-state index in [1.54, 1.807) is 4.90 Å². The third-order valence-electron chi connectivity index (χ3n) is 3.90. The van der Waals surface area contributed by atoms with Crippen LogP contribution in [-0.4, -0.2) is 35.1 Å². The number of benzene rings is 2. The van der Waals surface area contributed by atoms with Crippen molar-refractivity contribution in [1.82, 2.24) is 4.90 Å². The van der Waals surface area contributed by atoms with Crippen LogP contribution in [0.3, 0.4) is 0 Å². The summed E-state index contributed by atoms with van der Waals surface area (Å²) in [5.74, 6) is 0.0198. The zero-order valence-electron chi connectivity index (χ0n) is 11.1. The summed E-state index contributed by atoms with van der Waals surface area (Å²) in [6, 6.07) is 11.8. The van der Waals surface area contributed by atoms with Crippen molar-refractivity contribution >= 4 is 32.6 Å². The summed E-state index contributed by atoms with van der Waals surface area (Å²) in [7, 11) is 0. The first kappa shape index (κ1) is 13.6. The van der Waals surface area contributed by atoms with Gasteiger partial charge in [0.2, 0.25) is 0 Å². The Labute approximate surface area is 126 Å². The molecule has 1 saturated heterocycles. The van der Waals surface area contributed by atoms with Crippen molar-refractivity contribution in [2.45, 2.75) is 18.9 Å². The van der Waals surface area contributed by atoms with Gasteiger partial charge in [0.05, 0.1) is 12.6 Å². The number of aliphatic hydroxyl groups excluding tert-OH is 1. The van der Waals surface area contributed by atoms with Gasteiger partial charge in [-0.05, 0) is 47.9 Å². The van der Waals surface area contributed by atoms with Crippen LogP contribution >= 0.6 is 15.9 Å². The van der Waals surface area contributed by atoms with Crippen LogP contribution in [0.25, 0.3) is 10.8 Å². The van der Waals surface area contributed by atoms with Crippen LogP contribution in [0.5, 0.6) is 0 Å². The zero-order chi connectivity index (χ0) is 14.1. The fraction of sp³-hybridized carbons (Fsp3) is 0.312. The number of hydrogen-bond donors (Lipinski definition) is 1. The molecule has 1 amide bonds. The topological polar surface area (TPSA) is 40.5 Å². The Balaban J connectivity index is 1.93. The molecule has 0 aromatic heterocycles. The normalized spacial score (nSPS) is 18.7. The van der Waals surface area contributed by atoms with Crippen molar-refractivity contribution in [3.63, 3.8) is 0 Å². The molecule has 1 unspecified atom stereocenters. The second-order valence-corrected chi connectivity index (χ2v) is 6.10. The fourth-order valence-corrected chi connectivity index (χ4v) is 3.19. The first-order chi connectivity index (χ1) is 9.69. The Kier molecular flexibility index (Phi) is 3.76. The van der Waals surface area contributed by atoms with E-state index in [1.807, 2.05) is 36.4 Å². The van der Waals surface area contributed by atoms with E-state index in [4.69, 9.17) is 0 Å². The monoisotopic (exact) mass is 333 g/mol. The highest BCUT2D eigenvalue weighted by molar-refractivity contribution is 9.10. The lowest BCUT2D eigenvalue weighted by Crippen LogP contribution is -2.37. The molecule has 1 N–H and O–H groups in total. The molecule has 3 rings (SSSR count). The zero-order valence-corrected chi connectivity index (χ0v) is 12.6. The maximum Gasteiger partial charge on any atom is 0.254 e. The van der Waals surface area contributed by atoms with Gasteiger partial charge in [-0.25, -0.2) is 0 Å². The Bertz CT molecular complexity index is 656. The van der Waals surface area contributed by atoms with Crippen molar-refractivity contribution < 1.29 is 9.90 Å². The predicted molar refractivity (Wildman–Crippen MR) is 82.8 cm³/mol. The molecule has 1 atom stereocenters. The second kappa shape index (κ2) is 5.54. The summed E-state index contributed by atoms with van der Waals surface area (Å²) >= 11 is 3.45. The fourth-order valence-electron chi connectivity index (χ4n) is 2.81. The van der Waals surface area contributed by atoms with Gasteiger partial charge in [-0.1, -0.05) is 28.1 Å². The average Bonchev–Trinajstić information content (AvgIpc) is 2.94. The standard InChI is InChI=1S/C16H16BrNO2/c17-14-6-5-11-8-13(4-3-12(11)9-14)16(20)18-7-1-2-15(18)10-19/h3-6,8-9,15,19H,1-2,7,10H2. The Morgan fingerprint density at radius 3 is 2.80 bits per heavy atom. The SMILES string of the molecule is O=C(c1ccc2cc(Br)ccc2c1)N1CCCC1CO.